The molecule has 3 N–H and O–H groups in total. The number of carbonyl (C=O) groups is 3. The second-order valence-corrected chi connectivity index (χ2v) is 6.02. The fourth-order valence-electron chi connectivity index (χ4n) is 0.150. The first-order chi connectivity index (χ1) is 10.5. The summed E-state index contributed by atoms with van der Waals surface area (Å²) in [5.74, 6) is 0. The minimum absolute atomic E-state index is 0.0509. The van der Waals surface area contributed by atoms with Gasteiger partial charge in [0.25, 0.3) is 0 Å². The average Bonchev–Trinajstić information content (AvgIpc) is 2.55. The van der Waals surface area contributed by atoms with E-state index < -0.39 is 5.41 Å². The van der Waals surface area contributed by atoms with E-state index in [9.17, 15) is 14.4 Å². The fourth-order valence-corrected chi connectivity index (χ4v) is 0.150. The van der Waals surface area contributed by atoms with Crippen molar-refractivity contribution in [2.75, 3.05) is 19.8 Å². The monoisotopic (exact) mass is 390 g/mol. The van der Waals surface area contributed by atoms with Crippen LogP contribution in [0.25, 0.3) is 0 Å². The molecule has 0 aromatic heterocycles. The minimum Gasteiger partial charge on any atom is -0.396 e. The van der Waals surface area contributed by atoms with Gasteiger partial charge in [-0.3, -0.25) is 14.4 Å². The molecule has 0 radical (unpaired) electrons. The van der Waals surface area contributed by atoms with Crippen molar-refractivity contribution in [2.24, 2.45) is 5.41 Å². The van der Waals surface area contributed by atoms with Gasteiger partial charge in [0, 0.05) is 24.7 Å². The van der Waals surface area contributed by atoms with Crippen LogP contribution in [-0.2, 0) is 14.4 Å². The molecule has 0 atom stereocenters. The van der Waals surface area contributed by atoms with Gasteiger partial charge in [-0.15, -0.1) is 37.9 Å². The summed E-state index contributed by atoms with van der Waals surface area (Å²) < 4.78 is 0. The largest absolute Gasteiger partial charge is 0.396 e. The normalized spacial score (nSPS) is 9.13. The van der Waals surface area contributed by atoms with Crippen LogP contribution in [0, 0.1) is 5.41 Å². The highest BCUT2D eigenvalue weighted by Gasteiger charge is 2.20. The van der Waals surface area contributed by atoms with E-state index in [0.29, 0.717) is 19.3 Å². The lowest BCUT2D eigenvalue weighted by molar-refractivity contribution is -0.111. The highest BCUT2D eigenvalue weighted by Crippen LogP contribution is 2.10. The molecule has 0 aromatic rings. The molecule has 23 heavy (non-hydrogen) atoms. The Balaban J connectivity index is -0.000000108. The van der Waals surface area contributed by atoms with Crippen LogP contribution in [0.3, 0.4) is 0 Å². The molecule has 0 aliphatic rings. The number of hydrogen-bond donors (Lipinski definition) is 6. The second-order valence-electron chi connectivity index (χ2n) is 4.53. The molecule has 140 valence electrons. The number of aliphatic hydroxyl groups excluding tert-OH is 3. The van der Waals surface area contributed by atoms with Gasteiger partial charge in [-0.2, -0.15) is 0 Å². The van der Waals surface area contributed by atoms with Gasteiger partial charge >= 0.3 is 0 Å². The predicted octanol–water partition coefficient (Wildman–Crippen LogP) is 1.53. The maximum atomic E-state index is 9.68. The first kappa shape index (κ1) is 30.8. The Labute approximate surface area is 155 Å². The van der Waals surface area contributed by atoms with Crippen LogP contribution in [0.5, 0.6) is 0 Å². The molecule has 0 aliphatic heterocycles. The lowest BCUT2D eigenvalue weighted by Crippen LogP contribution is -2.29. The van der Waals surface area contributed by atoms with Crippen LogP contribution in [0.4, 0.5) is 0 Å². The van der Waals surface area contributed by atoms with Gasteiger partial charge in [0.15, 0.2) is 15.3 Å². The van der Waals surface area contributed by atoms with Gasteiger partial charge in [-0.1, -0.05) is 27.7 Å². The maximum absolute atomic E-state index is 9.68. The highest BCUT2D eigenvalue weighted by molar-refractivity contribution is 7.97. The lowest BCUT2D eigenvalue weighted by atomic mass is 9.95. The van der Waals surface area contributed by atoms with Crippen molar-refractivity contribution < 1.29 is 29.7 Å². The number of thiol groups is 3. The molecule has 0 saturated carbocycles. The molecule has 0 rings (SSSR count). The molecule has 0 fully saturated rings. The van der Waals surface area contributed by atoms with Crippen molar-refractivity contribution >= 4 is 53.2 Å². The number of aliphatic hydroxyl groups is 3. The molecule has 0 saturated heterocycles. The van der Waals surface area contributed by atoms with E-state index in [0.717, 1.165) is 0 Å². The Morgan fingerprint density at radius 1 is 0.696 bits per heavy atom. The number of rotatable bonds is 6. The third-order valence-corrected chi connectivity index (χ3v) is 3.00. The van der Waals surface area contributed by atoms with Crippen LogP contribution >= 0.6 is 37.9 Å². The Hall–Kier alpha value is -0.0600. The number of carbonyl (C=O) groups excluding carboxylic acids is 3. The molecular formula is C14H30O6S3. The summed E-state index contributed by atoms with van der Waals surface area (Å²) in [6.45, 7) is 6.38. The standard InChI is InChI=1S/C5H12O3.3C3H6OS/c1-5(2-6,3-7)4-8;3*1-2-3(4)5/h6-8H,2-4H2,1H3;3*2H2,1H3,(H,4,5). The summed E-state index contributed by atoms with van der Waals surface area (Å²) in [6, 6.07) is 0. The van der Waals surface area contributed by atoms with Crippen LogP contribution in [0.2, 0.25) is 0 Å². The fraction of sp³-hybridized carbons (Fsp3) is 0.786. The molecule has 0 unspecified atom stereocenters. The van der Waals surface area contributed by atoms with E-state index in [2.05, 4.69) is 37.9 Å². The zero-order valence-electron chi connectivity index (χ0n) is 14.2. The minimum atomic E-state index is -0.708. The van der Waals surface area contributed by atoms with Gasteiger partial charge < -0.3 is 15.3 Å². The van der Waals surface area contributed by atoms with E-state index in [4.69, 9.17) is 15.3 Å². The first-order valence-corrected chi connectivity index (χ1v) is 8.32. The Kier molecular flexibility index (Phi) is 29.4. The van der Waals surface area contributed by atoms with Gasteiger partial charge in [-0.25, -0.2) is 0 Å². The number of hydrogen-bond acceptors (Lipinski definition) is 6. The third kappa shape index (κ3) is 39.1. The van der Waals surface area contributed by atoms with Gasteiger partial charge in [0.05, 0.1) is 19.8 Å². The van der Waals surface area contributed by atoms with E-state index in [1.807, 2.05) is 0 Å². The smallest absolute Gasteiger partial charge is 0.185 e. The quantitative estimate of drug-likeness (QED) is 0.384. The van der Waals surface area contributed by atoms with Crippen molar-refractivity contribution in [2.45, 2.75) is 47.0 Å². The van der Waals surface area contributed by atoms with E-state index in [1.54, 1.807) is 27.7 Å². The summed E-state index contributed by atoms with van der Waals surface area (Å²) in [4.78, 5) is 29.0. The molecule has 0 aliphatic carbocycles. The molecule has 0 spiro atoms. The summed E-state index contributed by atoms with van der Waals surface area (Å²) in [6.07, 6.45) is 1.59. The van der Waals surface area contributed by atoms with Crippen LogP contribution in [-0.4, -0.2) is 50.5 Å². The summed E-state index contributed by atoms with van der Waals surface area (Å²) in [7, 11) is 0. The van der Waals surface area contributed by atoms with Crippen molar-refractivity contribution in [3.05, 3.63) is 0 Å². The highest BCUT2D eigenvalue weighted by atomic mass is 32.1. The summed E-state index contributed by atoms with van der Waals surface area (Å²) >= 11 is 10.4. The van der Waals surface area contributed by atoms with Crippen molar-refractivity contribution in [1.29, 1.82) is 0 Å². The Morgan fingerprint density at radius 3 is 0.826 bits per heavy atom. The second kappa shape index (κ2) is 21.9. The van der Waals surface area contributed by atoms with Crippen molar-refractivity contribution in [1.82, 2.24) is 0 Å². The summed E-state index contributed by atoms with van der Waals surface area (Å²) in [5, 5.41) is 25.2. The predicted molar refractivity (Wildman–Crippen MR) is 102 cm³/mol. The van der Waals surface area contributed by atoms with Crippen molar-refractivity contribution in [3.63, 3.8) is 0 Å². The van der Waals surface area contributed by atoms with E-state index in [1.165, 1.54) is 0 Å². The zero-order chi connectivity index (χ0) is 19.5. The van der Waals surface area contributed by atoms with Gasteiger partial charge in [0.1, 0.15) is 0 Å². The van der Waals surface area contributed by atoms with Gasteiger partial charge in [-0.05, 0) is 0 Å². The third-order valence-electron chi connectivity index (χ3n) is 2.05. The lowest BCUT2D eigenvalue weighted by Gasteiger charge is -2.20. The Bertz CT molecular complexity index is 265. The Morgan fingerprint density at radius 2 is 0.826 bits per heavy atom. The van der Waals surface area contributed by atoms with E-state index in [-0.39, 0.29) is 35.2 Å². The average molecular weight is 391 g/mol. The van der Waals surface area contributed by atoms with Crippen LogP contribution in [0.1, 0.15) is 47.0 Å². The zero-order valence-corrected chi connectivity index (χ0v) is 16.8. The van der Waals surface area contributed by atoms with E-state index >= 15 is 0 Å². The summed E-state index contributed by atoms with van der Waals surface area (Å²) in [5.41, 5.74) is -0.708. The maximum Gasteiger partial charge on any atom is 0.185 e. The molecule has 0 amide bonds. The molecule has 0 heterocycles. The molecular weight excluding hydrogens is 360 g/mol. The van der Waals surface area contributed by atoms with Gasteiger partial charge in [0.2, 0.25) is 0 Å². The molecule has 6 nitrogen and oxygen atoms in total. The molecule has 0 aromatic carbocycles. The van der Waals surface area contributed by atoms with Crippen LogP contribution < -0.4 is 0 Å². The topological polar surface area (TPSA) is 112 Å². The first-order valence-electron chi connectivity index (χ1n) is 6.97. The van der Waals surface area contributed by atoms with Crippen LogP contribution in [0.15, 0.2) is 0 Å². The molecule has 0 bridgehead atoms. The molecule has 9 heteroatoms. The SMILES string of the molecule is CC(CO)(CO)CO.CCC(=O)S.CCC(=O)S.CCC(=O)S. The van der Waals surface area contributed by atoms with Crippen molar-refractivity contribution in [3.8, 4) is 0 Å².